The van der Waals surface area contributed by atoms with Crippen molar-refractivity contribution in [2.75, 3.05) is 39.7 Å². The van der Waals surface area contributed by atoms with Crippen LogP contribution < -0.4 is 19.7 Å². The lowest BCUT2D eigenvalue weighted by Crippen LogP contribution is -3.10. The molecular formula is C22H31N2O3+. The van der Waals surface area contributed by atoms with Crippen LogP contribution in [-0.4, -0.2) is 40.3 Å². The van der Waals surface area contributed by atoms with E-state index in [2.05, 4.69) is 25.2 Å². The SMILES string of the molecule is COc1ccc(CC[NH+](C)CC(=O)Nc2ccccc2C(C)C)cc1OC. The molecule has 0 bridgehead atoms. The third kappa shape index (κ3) is 6.00. The van der Waals surface area contributed by atoms with Crippen LogP contribution in [-0.2, 0) is 11.2 Å². The fourth-order valence-corrected chi connectivity index (χ4v) is 3.07. The van der Waals surface area contributed by atoms with Crippen LogP contribution in [0.5, 0.6) is 11.5 Å². The lowest BCUT2D eigenvalue weighted by molar-refractivity contribution is -0.870. The Balaban J connectivity index is 1.89. The lowest BCUT2D eigenvalue weighted by Gasteiger charge is -2.17. The number of hydrogen-bond acceptors (Lipinski definition) is 3. The second-order valence-corrected chi connectivity index (χ2v) is 7.11. The number of rotatable bonds is 9. The predicted octanol–water partition coefficient (Wildman–Crippen LogP) is 2.52. The molecule has 2 aromatic rings. The summed E-state index contributed by atoms with van der Waals surface area (Å²) in [6.45, 7) is 5.55. The van der Waals surface area contributed by atoms with Crippen molar-refractivity contribution in [2.45, 2.75) is 26.2 Å². The quantitative estimate of drug-likeness (QED) is 0.712. The number of quaternary nitrogens is 1. The molecule has 0 saturated carbocycles. The molecule has 27 heavy (non-hydrogen) atoms. The summed E-state index contributed by atoms with van der Waals surface area (Å²) in [7, 11) is 5.30. The van der Waals surface area contributed by atoms with E-state index in [1.165, 1.54) is 0 Å². The van der Waals surface area contributed by atoms with E-state index >= 15 is 0 Å². The first-order valence-electron chi connectivity index (χ1n) is 9.35. The van der Waals surface area contributed by atoms with Crippen LogP contribution in [0.1, 0.15) is 30.9 Å². The summed E-state index contributed by atoms with van der Waals surface area (Å²) >= 11 is 0. The number of hydrogen-bond donors (Lipinski definition) is 2. The maximum Gasteiger partial charge on any atom is 0.279 e. The highest BCUT2D eigenvalue weighted by Crippen LogP contribution is 2.27. The number of para-hydroxylation sites is 1. The Kier molecular flexibility index (Phi) is 7.67. The van der Waals surface area contributed by atoms with E-state index in [4.69, 9.17) is 9.47 Å². The Labute approximate surface area is 162 Å². The Morgan fingerprint density at radius 2 is 1.78 bits per heavy atom. The van der Waals surface area contributed by atoms with Crippen molar-refractivity contribution in [3.63, 3.8) is 0 Å². The van der Waals surface area contributed by atoms with Gasteiger partial charge in [-0.05, 0) is 35.2 Å². The molecule has 0 saturated heterocycles. The smallest absolute Gasteiger partial charge is 0.279 e. The van der Waals surface area contributed by atoms with Crippen molar-refractivity contribution in [3.05, 3.63) is 53.6 Å². The molecule has 0 aliphatic rings. The van der Waals surface area contributed by atoms with Gasteiger partial charge in [-0.15, -0.1) is 0 Å². The van der Waals surface area contributed by atoms with Crippen molar-refractivity contribution in [1.29, 1.82) is 0 Å². The van der Waals surface area contributed by atoms with Gasteiger partial charge in [-0.1, -0.05) is 38.1 Å². The number of carbonyl (C=O) groups is 1. The summed E-state index contributed by atoms with van der Waals surface area (Å²) in [5.41, 5.74) is 3.23. The number of nitrogens with one attached hydrogen (secondary N) is 2. The molecule has 0 aliphatic carbocycles. The van der Waals surface area contributed by atoms with Crippen LogP contribution >= 0.6 is 0 Å². The molecule has 0 radical (unpaired) electrons. The molecule has 5 nitrogen and oxygen atoms in total. The molecule has 0 fully saturated rings. The summed E-state index contributed by atoms with van der Waals surface area (Å²) < 4.78 is 10.6. The zero-order chi connectivity index (χ0) is 19.8. The summed E-state index contributed by atoms with van der Waals surface area (Å²) in [4.78, 5) is 13.6. The van der Waals surface area contributed by atoms with E-state index in [1.807, 2.05) is 43.4 Å². The molecular weight excluding hydrogens is 340 g/mol. The van der Waals surface area contributed by atoms with Crippen LogP contribution in [0.3, 0.4) is 0 Å². The largest absolute Gasteiger partial charge is 0.493 e. The van der Waals surface area contributed by atoms with E-state index in [1.54, 1.807) is 14.2 Å². The minimum atomic E-state index is 0.0351. The Hall–Kier alpha value is -2.53. The van der Waals surface area contributed by atoms with Gasteiger partial charge in [-0.2, -0.15) is 0 Å². The zero-order valence-electron chi connectivity index (χ0n) is 17.0. The Morgan fingerprint density at radius 1 is 1.07 bits per heavy atom. The van der Waals surface area contributed by atoms with Gasteiger partial charge in [-0.25, -0.2) is 0 Å². The average Bonchev–Trinajstić information content (AvgIpc) is 2.66. The summed E-state index contributed by atoms with van der Waals surface area (Å²) in [5.74, 6) is 1.87. The van der Waals surface area contributed by atoms with Crippen molar-refractivity contribution in [2.24, 2.45) is 0 Å². The number of carbonyl (C=O) groups excluding carboxylic acids is 1. The highest BCUT2D eigenvalue weighted by Gasteiger charge is 2.14. The Bertz CT molecular complexity index is 759. The lowest BCUT2D eigenvalue weighted by atomic mass is 10.0. The number of methoxy groups -OCH3 is 2. The van der Waals surface area contributed by atoms with E-state index in [-0.39, 0.29) is 5.91 Å². The van der Waals surface area contributed by atoms with Crippen LogP contribution in [0.15, 0.2) is 42.5 Å². The molecule has 2 aromatic carbocycles. The number of anilines is 1. The topological polar surface area (TPSA) is 52.0 Å². The number of amides is 1. The molecule has 0 spiro atoms. The molecule has 2 rings (SSSR count). The van der Waals surface area contributed by atoms with Gasteiger partial charge in [0.2, 0.25) is 0 Å². The van der Waals surface area contributed by atoms with Crippen LogP contribution in [0.25, 0.3) is 0 Å². The predicted molar refractivity (Wildman–Crippen MR) is 109 cm³/mol. The fourth-order valence-electron chi connectivity index (χ4n) is 3.07. The molecule has 2 N–H and O–H groups in total. The third-order valence-electron chi connectivity index (χ3n) is 4.61. The van der Waals surface area contributed by atoms with Crippen LogP contribution in [0.4, 0.5) is 5.69 Å². The maximum atomic E-state index is 12.4. The second-order valence-electron chi connectivity index (χ2n) is 7.11. The third-order valence-corrected chi connectivity index (χ3v) is 4.61. The van der Waals surface area contributed by atoms with Gasteiger partial charge in [0.15, 0.2) is 18.0 Å². The average molecular weight is 372 g/mol. The number of likely N-dealkylation sites (N-methyl/N-ethyl adjacent to an activating group) is 1. The summed E-state index contributed by atoms with van der Waals surface area (Å²) in [6, 6.07) is 13.9. The highest BCUT2D eigenvalue weighted by molar-refractivity contribution is 5.92. The van der Waals surface area contributed by atoms with Gasteiger partial charge in [0.1, 0.15) is 0 Å². The van der Waals surface area contributed by atoms with Gasteiger partial charge in [-0.3, -0.25) is 4.79 Å². The van der Waals surface area contributed by atoms with Gasteiger partial charge in [0, 0.05) is 12.1 Å². The van der Waals surface area contributed by atoms with Crippen molar-refractivity contribution >= 4 is 11.6 Å². The van der Waals surface area contributed by atoms with E-state index < -0.39 is 0 Å². The van der Waals surface area contributed by atoms with Gasteiger partial charge in [0.25, 0.3) is 5.91 Å². The first kappa shape index (κ1) is 20.8. The van der Waals surface area contributed by atoms with E-state index in [0.717, 1.165) is 46.2 Å². The highest BCUT2D eigenvalue weighted by atomic mass is 16.5. The number of benzene rings is 2. The molecule has 146 valence electrons. The van der Waals surface area contributed by atoms with Crippen molar-refractivity contribution < 1.29 is 19.2 Å². The van der Waals surface area contributed by atoms with Crippen molar-refractivity contribution in [1.82, 2.24) is 0 Å². The first-order valence-corrected chi connectivity index (χ1v) is 9.35. The summed E-state index contributed by atoms with van der Waals surface area (Å²) in [6.07, 6.45) is 0.863. The standard InChI is InChI=1S/C22H30N2O3/c1-16(2)18-8-6-7-9-19(18)23-22(25)15-24(3)13-12-17-10-11-20(26-4)21(14-17)27-5/h6-11,14,16H,12-13,15H2,1-5H3,(H,23,25)/p+1. The maximum absolute atomic E-state index is 12.4. The van der Waals surface area contributed by atoms with Gasteiger partial charge >= 0.3 is 0 Å². The minimum absolute atomic E-state index is 0.0351. The molecule has 5 heteroatoms. The number of ether oxygens (including phenoxy) is 2. The molecule has 1 unspecified atom stereocenters. The van der Waals surface area contributed by atoms with E-state index in [0.29, 0.717) is 12.5 Å². The monoisotopic (exact) mass is 371 g/mol. The Morgan fingerprint density at radius 3 is 2.44 bits per heavy atom. The minimum Gasteiger partial charge on any atom is -0.493 e. The fraction of sp³-hybridized carbons (Fsp3) is 0.409. The van der Waals surface area contributed by atoms with Gasteiger partial charge in [0.05, 0.1) is 27.8 Å². The molecule has 1 atom stereocenters. The normalized spacial score (nSPS) is 11.9. The van der Waals surface area contributed by atoms with E-state index in [9.17, 15) is 4.79 Å². The summed E-state index contributed by atoms with van der Waals surface area (Å²) in [5, 5.41) is 3.06. The van der Waals surface area contributed by atoms with Crippen molar-refractivity contribution in [3.8, 4) is 11.5 Å². The molecule has 0 aliphatic heterocycles. The molecule has 0 heterocycles. The van der Waals surface area contributed by atoms with Gasteiger partial charge < -0.3 is 19.7 Å². The first-order chi connectivity index (χ1) is 12.9. The molecule has 1 amide bonds. The van der Waals surface area contributed by atoms with Crippen LogP contribution in [0.2, 0.25) is 0 Å². The molecule has 0 aromatic heterocycles. The zero-order valence-corrected chi connectivity index (χ0v) is 17.0. The van der Waals surface area contributed by atoms with Crippen LogP contribution in [0, 0.1) is 0 Å². The second kappa shape index (κ2) is 9.97.